The molecule has 0 aromatic carbocycles. The lowest BCUT2D eigenvalue weighted by Crippen LogP contribution is -2.40. The Morgan fingerprint density at radius 2 is 2.32 bits per heavy atom. The molecule has 3 rings (SSSR count). The van der Waals surface area contributed by atoms with E-state index in [0.717, 1.165) is 17.0 Å². The molecule has 0 radical (unpaired) electrons. The van der Waals surface area contributed by atoms with Crippen molar-refractivity contribution in [2.75, 3.05) is 13.1 Å². The number of nitrogens with zero attached hydrogens (tertiary/aromatic N) is 5. The fourth-order valence-electron chi connectivity index (χ4n) is 3.14. The monoisotopic (exact) mass is 350 g/mol. The minimum absolute atomic E-state index is 0.0287. The van der Waals surface area contributed by atoms with Crippen molar-refractivity contribution in [3.63, 3.8) is 0 Å². The maximum Gasteiger partial charge on any atom is 0.221 e. The van der Waals surface area contributed by atoms with Crippen LogP contribution in [-0.2, 0) is 17.9 Å². The fourth-order valence-corrected chi connectivity index (χ4v) is 3.14. The summed E-state index contributed by atoms with van der Waals surface area (Å²) >= 11 is 0. The molecule has 9 heteroatoms. The number of aromatic nitrogens is 4. The van der Waals surface area contributed by atoms with E-state index in [1.165, 1.54) is 6.33 Å². The van der Waals surface area contributed by atoms with E-state index in [9.17, 15) is 9.18 Å². The van der Waals surface area contributed by atoms with E-state index < -0.39 is 6.17 Å². The summed E-state index contributed by atoms with van der Waals surface area (Å²) in [7, 11) is 0. The molecule has 3 heterocycles. The Labute approximate surface area is 145 Å². The first-order valence-electron chi connectivity index (χ1n) is 8.42. The Balaban J connectivity index is 1.50. The van der Waals surface area contributed by atoms with Gasteiger partial charge in [-0.3, -0.25) is 14.4 Å². The maximum absolute atomic E-state index is 13.9. The van der Waals surface area contributed by atoms with Crippen molar-refractivity contribution in [3.8, 4) is 0 Å². The quantitative estimate of drug-likeness (QED) is 0.801. The topological polar surface area (TPSA) is 89.1 Å². The Hall–Kier alpha value is -2.29. The lowest BCUT2D eigenvalue weighted by molar-refractivity contribution is -0.121. The van der Waals surface area contributed by atoms with Crippen molar-refractivity contribution < 1.29 is 13.7 Å². The van der Waals surface area contributed by atoms with Crippen LogP contribution in [0.15, 0.2) is 17.2 Å². The summed E-state index contributed by atoms with van der Waals surface area (Å²) in [5.41, 5.74) is 1.83. The summed E-state index contributed by atoms with van der Waals surface area (Å²) in [6, 6.07) is -0.0287. The molecule has 1 saturated heterocycles. The van der Waals surface area contributed by atoms with Gasteiger partial charge in [0.15, 0.2) is 0 Å². The number of nitrogens with one attached hydrogen (secondary N) is 1. The number of halogens is 1. The van der Waals surface area contributed by atoms with Crippen LogP contribution in [0, 0.1) is 13.8 Å². The lowest BCUT2D eigenvalue weighted by atomic mass is 10.1. The smallest absolute Gasteiger partial charge is 0.221 e. The van der Waals surface area contributed by atoms with Crippen molar-refractivity contribution >= 4 is 5.91 Å². The average Bonchev–Trinajstić information content (AvgIpc) is 3.29. The average molecular weight is 350 g/mol. The van der Waals surface area contributed by atoms with Crippen LogP contribution < -0.4 is 5.32 Å². The molecule has 1 amide bonds. The standard InChI is InChI=1S/C16H23FN6O2/c1-11-15(12(2)25-21-11)8-22-7-13(17)5-14(22)6-19-16(24)3-4-23-10-18-9-20-23/h9-10,13-14H,3-8H2,1-2H3,(H,19,24)/t13-,14-/m0/s1. The second kappa shape index (κ2) is 7.73. The number of hydrogen-bond donors (Lipinski definition) is 1. The van der Waals surface area contributed by atoms with Crippen LogP contribution in [0.2, 0.25) is 0 Å². The molecule has 136 valence electrons. The summed E-state index contributed by atoms with van der Waals surface area (Å²) in [5, 5.41) is 10.8. The summed E-state index contributed by atoms with van der Waals surface area (Å²) in [6.45, 7) is 5.60. The number of carbonyl (C=O) groups excluding carboxylic acids is 1. The van der Waals surface area contributed by atoms with Gasteiger partial charge in [-0.15, -0.1) is 0 Å². The van der Waals surface area contributed by atoms with E-state index in [2.05, 4.69) is 25.5 Å². The second-order valence-electron chi connectivity index (χ2n) is 6.43. The minimum atomic E-state index is -0.877. The molecule has 0 bridgehead atoms. The van der Waals surface area contributed by atoms with Gasteiger partial charge in [0.2, 0.25) is 5.91 Å². The third kappa shape index (κ3) is 4.41. The SMILES string of the molecule is Cc1noc(C)c1CN1C[C@@H](F)C[C@H]1CNC(=O)CCn1cncn1. The first kappa shape index (κ1) is 17.5. The van der Waals surface area contributed by atoms with Gasteiger partial charge in [0, 0.05) is 37.7 Å². The first-order chi connectivity index (χ1) is 12.0. The number of carbonyl (C=O) groups is 1. The molecule has 2 aromatic rings. The molecular weight excluding hydrogens is 327 g/mol. The van der Waals surface area contributed by atoms with Gasteiger partial charge in [0.1, 0.15) is 24.6 Å². The maximum atomic E-state index is 13.9. The van der Waals surface area contributed by atoms with Gasteiger partial charge in [-0.05, 0) is 20.3 Å². The normalized spacial score (nSPS) is 20.9. The van der Waals surface area contributed by atoms with Crippen LogP contribution in [0.25, 0.3) is 0 Å². The highest BCUT2D eigenvalue weighted by molar-refractivity contribution is 5.75. The molecule has 0 unspecified atom stereocenters. The molecule has 0 aliphatic carbocycles. The molecule has 0 saturated carbocycles. The highest BCUT2D eigenvalue weighted by atomic mass is 19.1. The summed E-state index contributed by atoms with van der Waals surface area (Å²) in [6.07, 6.45) is 2.87. The highest BCUT2D eigenvalue weighted by Crippen LogP contribution is 2.24. The van der Waals surface area contributed by atoms with Gasteiger partial charge < -0.3 is 9.84 Å². The first-order valence-corrected chi connectivity index (χ1v) is 8.42. The Morgan fingerprint density at radius 1 is 1.48 bits per heavy atom. The molecule has 0 spiro atoms. The summed E-state index contributed by atoms with van der Waals surface area (Å²) in [5.74, 6) is 0.686. The van der Waals surface area contributed by atoms with Crippen LogP contribution in [0.4, 0.5) is 4.39 Å². The van der Waals surface area contributed by atoms with Gasteiger partial charge in [0.25, 0.3) is 0 Å². The Kier molecular flexibility index (Phi) is 5.42. The van der Waals surface area contributed by atoms with Crippen LogP contribution >= 0.6 is 0 Å². The van der Waals surface area contributed by atoms with Gasteiger partial charge >= 0.3 is 0 Å². The number of likely N-dealkylation sites (tertiary alicyclic amines) is 1. The van der Waals surface area contributed by atoms with Crippen LogP contribution in [-0.4, -0.2) is 56.0 Å². The second-order valence-corrected chi connectivity index (χ2v) is 6.43. The zero-order valence-corrected chi connectivity index (χ0v) is 14.5. The number of alkyl halides is 1. The zero-order valence-electron chi connectivity index (χ0n) is 14.5. The van der Waals surface area contributed by atoms with Crippen molar-refractivity contribution in [2.45, 2.75) is 52.0 Å². The Morgan fingerprint density at radius 3 is 3.00 bits per heavy atom. The van der Waals surface area contributed by atoms with Crippen LogP contribution in [0.5, 0.6) is 0 Å². The highest BCUT2D eigenvalue weighted by Gasteiger charge is 2.33. The van der Waals surface area contributed by atoms with E-state index in [1.54, 1.807) is 11.0 Å². The van der Waals surface area contributed by atoms with Crippen molar-refractivity contribution in [3.05, 3.63) is 29.7 Å². The molecule has 2 aromatic heterocycles. The molecule has 1 aliphatic heterocycles. The number of hydrogen-bond acceptors (Lipinski definition) is 6. The molecule has 25 heavy (non-hydrogen) atoms. The molecular formula is C16H23FN6O2. The lowest BCUT2D eigenvalue weighted by Gasteiger charge is -2.24. The molecule has 1 aliphatic rings. The predicted molar refractivity (Wildman–Crippen MR) is 87.3 cm³/mol. The van der Waals surface area contributed by atoms with E-state index in [1.807, 2.05) is 13.8 Å². The van der Waals surface area contributed by atoms with Gasteiger partial charge in [0.05, 0.1) is 12.2 Å². The third-order valence-corrected chi connectivity index (χ3v) is 4.59. The van der Waals surface area contributed by atoms with Crippen molar-refractivity contribution in [2.24, 2.45) is 0 Å². The van der Waals surface area contributed by atoms with Crippen molar-refractivity contribution in [1.29, 1.82) is 0 Å². The van der Waals surface area contributed by atoms with E-state index in [4.69, 9.17) is 4.52 Å². The Bertz CT molecular complexity index is 682. The third-order valence-electron chi connectivity index (χ3n) is 4.59. The fraction of sp³-hybridized carbons (Fsp3) is 0.625. The molecule has 8 nitrogen and oxygen atoms in total. The number of amides is 1. The molecule has 1 fully saturated rings. The number of aryl methyl sites for hydroxylation is 3. The molecule has 1 N–H and O–H groups in total. The van der Waals surface area contributed by atoms with Crippen molar-refractivity contribution in [1.82, 2.24) is 30.1 Å². The van der Waals surface area contributed by atoms with E-state index in [-0.39, 0.29) is 11.9 Å². The van der Waals surface area contributed by atoms with Gasteiger partial charge in [-0.25, -0.2) is 9.37 Å². The van der Waals surface area contributed by atoms with E-state index in [0.29, 0.717) is 39.0 Å². The van der Waals surface area contributed by atoms with Gasteiger partial charge in [-0.1, -0.05) is 5.16 Å². The van der Waals surface area contributed by atoms with Crippen LogP contribution in [0.1, 0.15) is 29.9 Å². The summed E-state index contributed by atoms with van der Waals surface area (Å²) < 4.78 is 20.7. The number of rotatable bonds is 7. The molecule has 2 atom stereocenters. The van der Waals surface area contributed by atoms with Crippen LogP contribution in [0.3, 0.4) is 0 Å². The minimum Gasteiger partial charge on any atom is -0.361 e. The van der Waals surface area contributed by atoms with Gasteiger partial charge in [-0.2, -0.15) is 5.10 Å². The largest absolute Gasteiger partial charge is 0.361 e. The summed E-state index contributed by atoms with van der Waals surface area (Å²) in [4.78, 5) is 17.9. The zero-order chi connectivity index (χ0) is 17.8. The van der Waals surface area contributed by atoms with E-state index >= 15 is 0 Å². The predicted octanol–water partition coefficient (Wildman–Crippen LogP) is 1.00.